The Kier molecular flexibility index (Phi) is 8.20. The van der Waals surface area contributed by atoms with E-state index in [-0.39, 0.29) is 24.4 Å². The maximum atomic E-state index is 12.9. The van der Waals surface area contributed by atoms with E-state index in [9.17, 15) is 9.59 Å². The van der Waals surface area contributed by atoms with Gasteiger partial charge in [-0.3, -0.25) is 9.59 Å². The van der Waals surface area contributed by atoms with Gasteiger partial charge < -0.3 is 10.2 Å². The Bertz CT molecular complexity index is 1010. The van der Waals surface area contributed by atoms with Crippen LogP contribution in [0, 0.1) is 0 Å². The predicted molar refractivity (Wildman–Crippen MR) is 129 cm³/mol. The van der Waals surface area contributed by atoms with Crippen molar-refractivity contribution in [2.75, 3.05) is 11.9 Å². The van der Waals surface area contributed by atoms with Gasteiger partial charge in [0.1, 0.15) is 12.4 Å². The second-order valence-corrected chi connectivity index (χ2v) is 8.15. The molecule has 0 bridgehead atoms. The summed E-state index contributed by atoms with van der Waals surface area (Å²) in [7, 11) is 0. The van der Waals surface area contributed by atoms with E-state index in [1.807, 2.05) is 80.6 Å². The average molecular weight is 433 g/mol. The number of nitrogens with one attached hydrogen (secondary N) is 1. The highest BCUT2D eigenvalue weighted by Gasteiger charge is 2.21. The van der Waals surface area contributed by atoms with Crippen LogP contribution in [-0.4, -0.2) is 39.1 Å². The fourth-order valence-corrected chi connectivity index (χ4v) is 3.55. The van der Waals surface area contributed by atoms with Crippen molar-refractivity contribution < 1.29 is 9.59 Å². The number of nitrogens with zero attached hydrogens (tertiary/aromatic N) is 3. The summed E-state index contributed by atoms with van der Waals surface area (Å²) in [6.45, 7) is 6.00. The molecule has 168 valence electrons. The highest BCUT2D eigenvalue weighted by atomic mass is 16.2. The molecule has 1 aromatic heterocycles. The summed E-state index contributed by atoms with van der Waals surface area (Å²) in [6, 6.07) is 21.3. The number of aromatic nitrogens is 2. The molecule has 2 amide bonds. The van der Waals surface area contributed by atoms with E-state index in [0.29, 0.717) is 12.2 Å². The molecule has 1 heterocycles. The monoisotopic (exact) mass is 432 g/mol. The molecule has 0 aliphatic heterocycles. The van der Waals surface area contributed by atoms with Crippen molar-refractivity contribution in [3.05, 3.63) is 66.7 Å². The van der Waals surface area contributed by atoms with Crippen molar-refractivity contribution in [1.29, 1.82) is 0 Å². The third kappa shape index (κ3) is 6.06. The van der Waals surface area contributed by atoms with Gasteiger partial charge in [-0.05, 0) is 32.4 Å². The van der Waals surface area contributed by atoms with Crippen molar-refractivity contribution in [2.45, 2.75) is 52.5 Å². The normalized spacial score (nSPS) is 10.9. The number of rotatable bonds is 10. The number of benzene rings is 2. The van der Waals surface area contributed by atoms with Crippen LogP contribution in [-0.2, 0) is 9.59 Å². The van der Waals surface area contributed by atoms with Gasteiger partial charge >= 0.3 is 0 Å². The second kappa shape index (κ2) is 11.3. The molecule has 2 aromatic carbocycles. The minimum atomic E-state index is -0.237. The molecule has 0 saturated carbocycles. The van der Waals surface area contributed by atoms with E-state index in [1.54, 1.807) is 9.58 Å². The van der Waals surface area contributed by atoms with Crippen LogP contribution in [0.25, 0.3) is 16.9 Å². The van der Waals surface area contributed by atoms with Crippen molar-refractivity contribution in [3.63, 3.8) is 0 Å². The Labute approximate surface area is 190 Å². The van der Waals surface area contributed by atoms with Gasteiger partial charge in [-0.2, -0.15) is 5.10 Å². The summed E-state index contributed by atoms with van der Waals surface area (Å²) in [5.74, 6) is 0.353. The molecule has 3 aromatic rings. The lowest BCUT2D eigenvalue weighted by molar-refractivity contribution is -0.136. The Balaban J connectivity index is 1.81. The van der Waals surface area contributed by atoms with Crippen LogP contribution in [0.2, 0.25) is 0 Å². The van der Waals surface area contributed by atoms with E-state index in [0.717, 1.165) is 36.2 Å². The summed E-state index contributed by atoms with van der Waals surface area (Å²) >= 11 is 0. The standard InChI is InChI=1S/C26H32N4O2/c1-4-5-8-17-26(32)29(20(2)3)19-25(31)27-24-18-23(21-13-9-6-10-14-21)28-30(24)22-15-11-7-12-16-22/h6-7,9-16,18,20H,4-5,8,17,19H2,1-3H3,(H,27,31). The average Bonchev–Trinajstić information content (AvgIpc) is 3.22. The molecule has 0 fully saturated rings. The Morgan fingerprint density at radius 2 is 1.66 bits per heavy atom. The lowest BCUT2D eigenvalue weighted by Gasteiger charge is -2.26. The summed E-state index contributed by atoms with van der Waals surface area (Å²) < 4.78 is 1.73. The van der Waals surface area contributed by atoms with Crippen molar-refractivity contribution in [1.82, 2.24) is 14.7 Å². The van der Waals surface area contributed by atoms with Gasteiger partial charge in [0.25, 0.3) is 0 Å². The molecule has 6 nitrogen and oxygen atoms in total. The first-order valence-electron chi connectivity index (χ1n) is 11.3. The quantitative estimate of drug-likeness (QED) is 0.442. The molecule has 0 atom stereocenters. The molecule has 0 aliphatic rings. The topological polar surface area (TPSA) is 67.2 Å². The van der Waals surface area contributed by atoms with Crippen molar-refractivity contribution >= 4 is 17.6 Å². The summed E-state index contributed by atoms with van der Waals surface area (Å²) in [6.07, 6.45) is 3.39. The molecule has 0 unspecified atom stereocenters. The zero-order chi connectivity index (χ0) is 22.9. The number of para-hydroxylation sites is 1. The zero-order valence-electron chi connectivity index (χ0n) is 19.1. The van der Waals surface area contributed by atoms with Gasteiger partial charge in [-0.25, -0.2) is 4.68 Å². The van der Waals surface area contributed by atoms with Gasteiger partial charge in [0.05, 0.1) is 11.4 Å². The second-order valence-electron chi connectivity index (χ2n) is 8.15. The lowest BCUT2D eigenvalue weighted by atomic mass is 10.1. The van der Waals surface area contributed by atoms with Gasteiger partial charge in [0.15, 0.2) is 0 Å². The first kappa shape index (κ1) is 23.3. The van der Waals surface area contributed by atoms with Crippen LogP contribution in [0.1, 0.15) is 46.5 Å². The number of hydrogen-bond acceptors (Lipinski definition) is 3. The van der Waals surface area contributed by atoms with E-state index in [4.69, 9.17) is 5.10 Å². The van der Waals surface area contributed by atoms with E-state index >= 15 is 0 Å². The zero-order valence-corrected chi connectivity index (χ0v) is 19.1. The molecule has 0 saturated heterocycles. The van der Waals surface area contributed by atoms with Crippen molar-refractivity contribution in [2.24, 2.45) is 0 Å². The van der Waals surface area contributed by atoms with Gasteiger partial charge in [0.2, 0.25) is 11.8 Å². The Morgan fingerprint density at radius 1 is 1.00 bits per heavy atom. The molecule has 0 radical (unpaired) electrons. The fourth-order valence-electron chi connectivity index (χ4n) is 3.55. The molecule has 1 N–H and O–H groups in total. The summed E-state index contributed by atoms with van der Waals surface area (Å²) in [5.41, 5.74) is 2.58. The highest BCUT2D eigenvalue weighted by molar-refractivity contribution is 5.94. The van der Waals surface area contributed by atoms with Crippen LogP contribution in [0.5, 0.6) is 0 Å². The van der Waals surface area contributed by atoms with Gasteiger partial charge in [0, 0.05) is 24.1 Å². The number of amides is 2. The first-order valence-corrected chi connectivity index (χ1v) is 11.3. The number of carbonyl (C=O) groups is 2. The molecule has 3 rings (SSSR count). The Morgan fingerprint density at radius 3 is 2.28 bits per heavy atom. The Hall–Kier alpha value is -3.41. The van der Waals surface area contributed by atoms with Crippen LogP contribution in [0.15, 0.2) is 66.7 Å². The van der Waals surface area contributed by atoms with E-state index in [2.05, 4.69) is 12.2 Å². The number of unbranched alkanes of at least 4 members (excludes halogenated alkanes) is 2. The largest absolute Gasteiger partial charge is 0.331 e. The molecular weight excluding hydrogens is 400 g/mol. The van der Waals surface area contributed by atoms with E-state index < -0.39 is 0 Å². The van der Waals surface area contributed by atoms with Crippen molar-refractivity contribution in [3.8, 4) is 16.9 Å². The minimum Gasteiger partial charge on any atom is -0.331 e. The fraction of sp³-hybridized carbons (Fsp3) is 0.346. The third-order valence-electron chi connectivity index (χ3n) is 5.30. The summed E-state index contributed by atoms with van der Waals surface area (Å²) in [4.78, 5) is 27.2. The maximum absolute atomic E-state index is 12.9. The number of carbonyl (C=O) groups excluding carboxylic acids is 2. The minimum absolute atomic E-state index is 0.0171. The SMILES string of the molecule is CCCCCC(=O)N(CC(=O)Nc1cc(-c2ccccc2)nn1-c1ccccc1)C(C)C. The van der Waals surface area contributed by atoms with Crippen LogP contribution < -0.4 is 5.32 Å². The highest BCUT2D eigenvalue weighted by Crippen LogP contribution is 2.24. The van der Waals surface area contributed by atoms with Gasteiger partial charge in [-0.15, -0.1) is 0 Å². The van der Waals surface area contributed by atoms with Gasteiger partial charge in [-0.1, -0.05) is 68.3 Å². The summed E-state index contributed by atoms with van der Waals surface area (Å²) in [5, 5.41) is 7.70. The third-order valence-corrected chi connectivity index (χ3v) is 5.30. The first-order chi connectivity index (χ1) is 15.5. The molecule has 0 spiro atoms. The molecule has 32 heavy (non-hydrogen) atoms. The lowest BCUT2D eigenvalue weighted by Crippen LogP contribution is -2.42. The predicted octanol–water partition coefficient (Wildman–Crippen LogP) is 5.30. The van der Waals surface area contributed by atoms with E-state index in [1.165, 1.54) is 0 Å². The van der Waals surface area contributed by atoms with Crippen LogP contribution >= 0.6 is 0 Å². The molecule has 0 aliphatic carbocycles. The van der Waals surface area contributed by atoms with Crippen LogP contribution in [0.4, 0.5) is 5.82 Å². The van der Waals surface area contributed by atoms with Crippen LogP contribution in [0.3, 0.4) is 0 Å². The molecular formula is C26H32N4O2. The maximum Gasteiger partial charge on any atom is 0.245 e. The molecule has 6 heteroatoms. The number of anilines is 1. The smallest absolute Gasteiger partial charge is 0.245 e. The number of hydrogen-bond donors (Lipinski definition) is 1.